The van der Waals surface area contributed by atoms with Crippen molar-refractivity contribution in [3.05, 3.63) is 41.5 Å². The van der Waals surface area contributed by atoms with Crippen molar-refractivity contribution in [2.24, 2.45) is 0 Å². The van der Waals surface area contributed by atoms with E-state index in [1.165, 1.54) is 22.4 Å². The summed E-state index contributed by atoms with van der Waals surface area (Å²) >= 11 is 0. The molecule has 70 valence electrons. The lowest BCUT2D eigenvalue weighted by molar-refractivity contribution is 1.25. The van der Waals surface area contributed by atoms with Crippen molar-refractivity contribution in [2.75, 3.05) is 11.9 Å². The van der Waals surface area contributed by atoms with Crippen molar-refractivity contribution >= 4 is 5.69 Å². The molecular weight excluding hydrogens is 158 g/mol. The minimum Gasteiger partial charge on any atom is -0.381 e. The summed E-state index contributed by atoms with van der Waals surface area (Å²) in [6.45, 7) is 10.9. The third kappa shape index (κ3) is 2.35. The van der Waals surface area contributed by atoms with Crippen molar-refractivity contribution < 1.29 is 0 Å². The van der Waals surface area contributed by atoms with E-state index in [9.17, 15) is 0 Å². The van der Waals surface area contributed by atoms with Crippen LogP contribution in [0.25, 0.3) is 0 Å². The van der Waals surface area contributed by atoms with Gasteiger partial charge in [0.05, 0.1) is 0 Å². The first-order valence-corrected chi connectivity index (χ1v) is 4.57. The summed E-state index contributed by atoms with van der Waals surface area (Å²) in [6.07, 6.45) is 1.87. The average Bonchev–Trinajstić information content (AvgIpc) is 2.02. The van der Waals surface area contributed by atoms with E-state index in [2.05, 4.69) is 44.8 Å². The third-order valence-corrected chi connectivity index (χ3v) is 2.10. The zero-order chi connectivity index (χ0) is 9.84. The Morgan fingerprint density at radius 1 is 1.23 bits per heavy atom. The Labute approximate surface area is 80.5 Å². The first kappa shape index (κ1) is 9.85. The molecule has 0 aromatic heterocycles. The Morgan fingerprint density at radius 2 is 1.77 bits per heavy atom. The smallest absolute Gasteiger partial charge is 0.0402 e. The second kappa shape index (κ2) is 4.13. The van der Waals surface area contributed by atoms with Crippen LogP contribution in [0, 0.1) is 20.8 Å². The largest absolute Gasteiger partial charge is 0.381 e. The van der Waals surface area contributed by atoms with Crippen LogP contribution in [-0.2, 0) is 0 Å². The lowest BCUT2D eigenvalue weighted by atomic mass is 10.1. The van der Waals surface area contributed by atoms with Gasteiger partial charge in [-0.25, -0.2) is 0 Å². The number of aryl methyl sites for hydroxylation is 3. The summed E-state index contributed by atoms with van der Waals surface area (Å²) in [5.74, 6) is 0. The molecule has 1 heteroatoms. The van der Waals surface area contributed by atoms with E-state index in [1.54, 1.807) is 0 Å². The zero-order valence-corrected chi connectivity index (χ0v) is 8.65. The lowest BCUT2D eigenvalue weighted by Crippen LogP contribution is -2.02. The van der Waals surface area contributed by atoms with Crippen molar-refractivity contribution in [2.45, 2.75) is 20.8 Å². The Morgan fingerprint density at radius 3 is 2.23 bits per heavy atom. The van der Waals surface area contributed by atoms with Crippen molar-refractivity contribution in [1.29, 1.82) is 0 Å². The van der Waals surface area contributed by atoms with E-state index < -0.39 is 0 Å². The van der Waals surface area contributed by atoms with Crippen LogP contribution in [0.4, 0.5) is 5.69 Å². The number of hydrogen-bond donors (Lipinski definition) is 1. The Kier molecular flexibility index (Phi) is 3.13. The molecule has 0 spiro atoms. The van der Waals surface area contributed by atoms with Crippen molar-refractivity contribution in [3.8, 4) is 0 Å². The van der Waals surface area contributed by atoms with E-state index >= 15 is 0 Å². The zero-order valence-electron chi connectivity index (χ0n) is 8.65. The van der Waals surface area contributed by atoms with E-state index in [4.69, 9.17) is 0 Å². The van der Waals surface area contributed by atoms with E-state index in [-0.39, 0.29) is 0 Å². The molecule has 1 aromatic carbocycles. The molecule has 0 unspecified atom stereocenters. The molecule has 1 nitrogen and oxygen atoms in total. The Bertz CT molecular complexity index is 290. The standard InChI is InChI=1S/C12H17N/c1-5-6-13-12-10(3)7-9(2)8-11(12)4/h5,7-8,13H,1,6H2,2-4H3. The quantitative estimate of drug-likeness (QED) is 0.695. The summed E-state index contributed by atoms with van der Waals surface area (Å²) in [4.78, 5) is 0. The van der Waals surface area contributed by atoms with Gasteiger partial charge in [0.15, 0.2) is 0 Å². The van der Waals surface area contributed by atoms with Crippen LogP contribution in [0.2, 0.25) is 0 Å². The van der Waals surface area contributed by atoms with Crippen LogP contribution in [0.15, 0.2) is 24.8 Å². The topological polar surface area (TPSA) is 12.0 Å². The molecule has 1 aromatic rings. The second-order valence-electron chi connectivity index (χ2n) is 3.44. The maximum atomic E-state index is 3.69. The SMILES string of the molecule is C=CCNc1c(C)cc(C)cc1C. The third-order valence-electron chi connectivity index (χ3n) is 2.10. The highest BCUT2D eigenvalue weighted by atomic mass is 14.9. The number of anilines is 1. The molecule has 0 atom stereocenters. The second-order valence-corrected chi connectivity index (χ2v) is 3.44. The van der Waals surface area contributed by atoms with Crippen LogP contribution in [0.1, 0.15) is 16.7 Å². The summed E-state index contributed by atoms with van der Waals surface area (Å²) < 4.78 is 0. The first-order valence-electron chi connectivity index (χ1n) is 4.57. The van der Waals surface area contributed by atoms with Gasteiger partial charge in [-0.1, -0.05) is 23.8 Å². The number of benzene rings is 1. The number of nitrogens with one attached hydrogen (secondary N) is 1. The lowest BCUT2D eigenvalue weighted by Gasteiger charge is -2.12. The van der Waals surface area contributed by atoms with Gasteiger partial charge in [-0.2, -0.15) is 0 Å². The molecule has 0 amide bonds. The minimum absolute atomic E-state index is 0.824. The van der Waals surface area contributed by atoms with E-state index in [0.29, 0.717) is 0 Å². The van der Waals surface area contributed by atoms with Crippen LogP contribution < -0.4 is 5.32 Å². The molecule has 1 N–H and O–H groups in total. The Balaban J connectivity index is 2.98. The van der Waals surface area contributed by atoms with Crippen LogP contribution in [0.3, 0.4) is 0 Å². The van der Waals surface area contributed by atoms with Gasteiger partial charge in [-0.15, -0.1) is 6.58 Å². The van der Waals surface area contributed by atoms with Crippen LogP contribution in [0.5, 0.6) is 0 Å². The minimum atomic E-state index is 0.824. The Hall–Kier alpha value is -1.24. The molecule has 0 bridgehead atoms. The predicted octanol–water partition coefficient (Wildman–Crippen LogP) is 3.21. The molecule has 1 rings (SSSR count). The highest BCUT2D eigenvalue weighted by Gasteiger charge is 2.01. The number of hydrogen-bond acceptors (Lipinski definition) is 1. The first-order chi connectivity index (χ1) is 6.15. The van der Waals surface area contributed by atoms with Crippen molar-refractivity contribution in [1.82, 2.24) is 0 Å². The van der Waals surface area contributed by atoms with Crippen molar-refractivity contribution in [3.63, 3.8) is 0 Å². The van der Waals surface area contributed by atoms with Gasteiger partial charge < -0.3 is 5.32 Å². The maximum Gasteiger partial charge on any atom is 0.0402 e. The normalized spacial score (nSPS) is 9.77. The van der Waals surface area contributed by atoms with Gasteiger partial charge in [0.25, 0.3) is 0 Å². The predicted molar refractivity (Wildman–Crippen MR) is 59.3 cm³/mol. The molecule has 0 aliphatic heterocycles. The molecule has 0 aliphatic carbocycles. The molecule has 0 fully saturated rings. The highest BCUT2D eigenvalue weighted by Crippen LogP contribution is 2.21. The molecule has 0 saturated carbocycles. The van der Waals surface area contributed by atoms with Gasteiger partial charge in [0.1, 0.15) is 0 Å². The van der Waals surface area contributed by atoms with E-state index in [0.717, 1.165) is 6.54 Å². The van der Waals surface area contributed by atoms with Gasteiger partial charge in [0.2, 0.25) is 0 Å². The summed E-state index contributed by atoms with van der Waals surface area (Å²) in [7, 11) is 0. The average molecular weight is 175 g/mol. The van der Waals surface area contributed by atoms with Gasteiger partial charge in [0, 0.05) is 12.2 Å². The maximum absolute atomic E-state index is 3.69. The van der Waals surface area contributed by atoms with Gasteiger partial charge >= 0.3 is 0 Å². The fraction of sp³-hybridized carbons (Fsp3) is 0.333. The van der Waals surface area contributed by atoms with Crippen LogP contribution in [-0.4, -0.2) is 6.54 Å². The molecule has 13 heavy (non-hydrogen) atoms. The van der Waals surface area contributed by atoms with Gasteiger partial charge in [-0.05, 0) is 31.9 Å². The molecular formula is C12H17N. The molecule has 0 heterocycles. The summed E-state index contributed by atoms with van der Waals surface area (Å²) in [5.41, 5.74) is 5.17. The molecule has 0 saturated heterocycles. The van der Waals surface area contributed by atoms with E-state index in [1.807, 2.05) is 6.08 Å². The fourth-order valence-electron chi connectivity index (χ4n) is 1.63. The molecule has 0 radical (unpaired) electrons. The monoisotopic (exact) mass is 175 g/mol. The molecule has 0 aliphatic rings. The number of rotatable bonds is 3. The van der Waals surface area contributed by atoms with Crippen LogP contribution >= 0.6 is 0 Å². The fourth-order valence-corrected chi connectivity index (χ4v) is 1.63. The highest BCUT2D eigenvalue weighted by molar-refractivity contribution is 5.58. The summed E-state index contributed by atoms with van der Waals surface area (Å²) in [6, 6.07) is 4.39. The van der Waals surface area contributed by atoms with Gasteiger partial charge in [-0.3, -0.25) is 0 Å². The summed E-state index contributed by atoms with van der Waals surface area (Å²) in [5, 5.41) is 3.34.